The highest BCUT2D eigenvalue weighted by Crippen LogP contribution is 2.16. The van der Waals surface area contributed by atoms with Crippen molar-refractivity contribution in [2.24, 2.45) is 0 Å². The Balaban J connectivity index is 2.14. The van der Waals surface area contributed by atoms with Gasteiger partial charge < -0.3 is 10.2 Å². The van der Waals surface area contributed by atoms with Crippen LogP contribution in [0.2, 0.25) is 0 Å². The fourth-order valence-electron chi connectivity index (χ4n) is 2.27. The Bertz CT molecular complexity index is 1040. The SMILES string of the molecule is O=C(O)Cn1c(=O)c(/C=C/c2ccc(O)cc2)nc2cc(Br)cnc21. The molecule has 25 heavy (non-hydrogen) atoms. The molecular formula is C17H12BrN3O4. The minimum absolute atomic E-state index is 0.0988. The van der Waals surface area contributed by atoms with Crippen molar-refractivity contribution in [2.45, 2.75) is 6.54 Å². The van der Waals surface area contributed by atoms with Crippen LogP contribution in [0.25, 0.3) is 23.3 Å². The highest BCUT2D eigenvalue weighted by molar-refractivity contribution is 9.10. The Morgan fingerprint density at radius 3 is 2.64 bits per heavy atom. The number of aromatic nitrogens is 3. The van der Waals surface area contributed by atoms with Crippen molar-refractivity contribution in [3.8, 4) is 5.75 Å². The molecule has 0 unspecified atom stereocenters. The summed E-state index contributed by atoms with van der Waals surface area (Å²) < 4.78 is 1.75. The van der Waals surface area contributed by atoms with Gasteiger partial charge in [0.25, 0.3) is 5.56 Å². The summed E-state index contributed by atoms with van der Waals surface area (Å²) in [4.78, 5) is 32.1. The Kier molecular flexibility index (Phi) is 4.62. The third kappa shape index (κ3) is 3.74. The maximum Gasteiger partial charge on any atom is 0.323 e. The van der Waals surface area contributed by atoms with E-state index in [2.05, 4.69) is 25.9 Å². The zero-order chi connectivity index (χ0) is 18.0. The molecule has 0 saturated carbocycles. The normalized spacial score (nSPS) is 11.2. The number of halogens is 1. The third-order valence-corrected chi connectivity index (χ3v) is 3.83. The van der Waals surface area contributed by atoms with E-state index in [9.17, 15) is 14.7 Å². The molecule has 7 nitrogen and oxygen atoms in total. The highest BCUT2D eigenvalue weighted by Gasteiger charge is 2.13. The first kappa shape index (κ1) is 16.8. The van der Waals surface area contributed by atoms with E-state index >= 15 is 0 Å². The summed E-state index contributed by atoms with van der Waals surface area (Å²) in [5, 5.41) is 18.4. The van der Waals surface area contributed by atoms with Gasteiger partial charge in [-0.25, -0.2) is 9.97 Å². The van der Waals surface area contributed by atoms with Crippen molar-refractivity contribution in [3.05, 3.63) is 62.6 Å². The molecule has 2 aromatic heterocycles. The van der Waals surface area contributed by atoms with E-state index < -0.39 is 18.1 Å². The lowest BCUT2D eigenvalue weighted by molar-refractivity contribution is -0.137. The van der Waals surface area contributed by atoms with Crippen LogP contribution in [0.15, 0.2) is 45.8 Å². The number of hydrogen-bond acceptors (Lipinski definition) is 5. The summed E-state index contributed by atoms with van der Waals surface area (Å²) in [7, 11) is 0. The lowest BCUT2D eigenvalue weighted by Crippen LogP contribution is -2.27. The minimum Gasteiger partial charge on any atom is -0.508 e. The zero-order valence-electron chi connectivity index (χ0n) is 12.8. The van der Waals surface area contributed by atoms with E-state index in [0.29, 0.717) is 9.99 Å². The monoisotopic (exact) mass is 401 g/mol. The van der Waals surface area contributed by atoms with E-state index in [0.717, 1.165) is 10.1 Å². The quantitative estimate of drug-likeness (QED) is 0.695. The average Bonchev–Trinajstić information content (AvgIpc) is 2.57. The number of aromatic hydroxyl groups is 1. The molecule has 0 atom stereocenters. The molecule has 0 spiro atoms. The first-order valence-corrected chi connectivity index (χ1v) is 7.98. The van der Waals surface area contributed by atoms with Gasteiger partial charge in [-0.3, -0.25) is 14.2 Å². The number of nitrogens with zero attached hydrogens (tertiary/aromatic N) is 3. The van der Waals surface area contributed by atoms with Crippen LogP contribution in [0.5, 0.6) is 5.75 Å². The maximum absolute atomic E-state index is 12.6. The van der Waals surface area contributed by atoms with Crippen LogP contribution in [-0.4, -0.2) is 30.7 Å². The number of pyridine rings is 1. The van der Waals surface area contributed by atoms with Crippen molar-refractivity contribution >= 4 is 45.2 Å². The van der Waals surface area contributed by atoms with E-state index in [4.69, 9.17) is 5.11 Å². The Labute approximate surface area is 150 Å². The topological polar surface area (TPSA) is 105 Å². The predicted molar refractivity (Wildman–Crippen MR) is 96.2 cm³/mol. The van der Waals surface area contributed by atoms with Crippen LogP contribution in [0.3, 0.4) is 0 Å². The van der Waals surface area contributed by atoms with Gasteiger partial charge in [0.1, 0.15) is 23.5 Å². The first-order valence-electron chi connectivity index (χ1n) is 7.19. The van der Waals surface area contributed by atoms with Crippen molar-refractivity contribution in [2.75, 3.05) is 0 Å². The van der Waals surface area contributed by atoms with Crippen LogP contribution in [0.4, 0.5) is 0 Å². The van der Waals surface area contributed by atoms with E-state index in [1.54, 1.807) is 24.3 Å². The van der Waals surface area contributed by atoms with Gasteiger partial charge in [0, 0.05) is 10.7 Å². The Hall–Kier alpha value is -3.00. The molecule has 0 radical (unpaired) electrons. The van der Waals surface area contributed by atoms with Crippen LogP contribution in [-0.2, 0) is 11.3 Å². The van der Waals surface area contributed by atoms with Crippen LogP contribution < -0.4 is 5.56 Å². The molecule has 2 heterocycles. The number of carboxylic acid groups (broad SMARTS) is 1. The van der Waals surface area contributed by atoms with E-state index in [1.807, 2.05) is 0 Å². The number of carboxylic acids is 1. The largest absolute Gasteiger partial charge is 0.508 e. The predicted octanol–water partition coefficient (Wildman–Crippen LogP) is 2.51. The number of benzene rings is 1. The number of rotatable bonds is 4. The van der Waals surface area contributed by atoms with Gasteiger partial charge in [-0.15, -0.1) is 0 Å². The van der Waals surface area contributed by atoms with Gasteiger partial charge in [0.2, 0.25) is 0 Å². The maximum atomic E-state index is 12.6. The van der Waals surface area contributed by atoms with Gasteiger partial charge in [-0.05, 0) is 45.8 Å². The summed E-state index contributed by atoms with van der Waals surface area (Å²) in [5.74, 6) is -1.01. The van der Waals surface area contributed by atoms with E-state index in [-0.39, 0.29) is 17.1 Å². The molecule has 0 aliphatic carbocycles. The molecule has 0 bridgehead atoms. The summed E-state index contributed by atoms with van der Waals surface area (Å²) in [6.07, 6.45) is 4.65. The van der Waals surface area contributed by atoms with Crippen molar-refractivity contribution in [1.82, 2.24) is 14.5 Å². The van der Waals surface area contributed by atoms with Crippen LogP contribution in [0.1, 0.15) is 11.3 Å². The van der Waals surface area contributed by atoms with Gasteiger partial charge in [-0.1, -0.05) is 18.2 Å². The summed E-state index contributed by atoms with van der Waals surface area (Å²) in [6.45, 7) is -0.507. The van der Waals surface area contributed by atoms with Crippen molar-refractivity contribution in [3.63, 3.8) is 0 Å². The molecule has 3 rings (SSSR count). The summed E-state index contributed by atoms with van der Waals surface area (Å²) in [5.41, 5.74) is 0.927. The zero-order valence-corrected chi connectivity index (χ0v) is 14.3. The standard InChI is InChI=1S/C17H12BrN3O4/c18-11-7-14-16(19-8-11)21(9-15(23)24)17(25)13(20-14)6-3-10-1-4-12(22)5-2-10/h1-8,22H,9H2,(H,23,24)/b6-3+. The number of aliphatic carboxylic acids is 1. The van der Waals surface area contributed by atoms with E-state index in [1.165, 1.54) is 24.4 Å². The fraction of sp³-hybridized carbons (Fsp3) is 0.0588. The van der Waals surface area contributed by atoms with Crippen LogP contribution in [0, 0.1) is 0 Å². The first-order chi connectivity index (χ1) is 11.9. The Morgan fingerprint density at radius 2 is 1.96 bits per heavy atom. The molecule has 0 saturated heterocycles. The second-order valence-electron chi connectivity index (χ2n) is 5.20. The van der Waals surface area contributed by atoms with Crippen molar-refractivity contribution in [1.29, 1.82) is 0 Å². The number of phenols is 1. The summed E-state index contributed by atoms with van der Waals surface area (Å²) >= 11 is 3.29. The lowest BCUT2D eigenvalue weighted by Gasteiger charge is -2.08. The molecule has 0 fully saturated rings. The smallest absolute Gasteiger partial charge is 0.323 e. The van der Waals surface area contributed by atoms with Gasteiger partial charge in [0.05, 0.1) is 0 Å². The average molecular weight is 402 g/mol. The third-order valence-electron chi connectivity index (χ3n) is 3.39. The second kappa shape index (κ2) is 6.86. The number of hydrogen-bond donors (Lipinski definition) is 2. The molecule has 0 aliphatic heterocycles. The molecule has 126 valence electrons. The lowest BCUT2D eigenvalue weighted by atomic mass is 10.2. The number of carbonyl (C=O) groups is 1. The minimum atomic E-state index is -1.15. The molecule has 0 amide bonds. The summed E-state index contributed by atoms with van der Waals surface area (Å²) in [6, 6.07) is 8.08. The van der Waals surface area contributed by atoms with Gasteiger partial charge in [0.15, 0.2) is 5.65 Å². The highest BCUT2D eigenvalue weighted by atomic mass is 79.9. The molecule has 2 N–H and O–H groups in total. The number of fused-ring (bicyclic) bond motifs is 1. The second-order valence-corrected chi connectivity index (χ2v) is 6.12. The fourth-order valence-corrected chi connectivity index (χ4v) is 2.59. The molecule has 1 aromatic carbocycles. The molecule has 3 aromatic rings. The van der Waals surface area contributed by atoms with Crippen molar-refractivity contribution < 1.29 is 15.0 Å². The Morgan fingerprint density at radius 1 is 1.24 bits per heavy atom. The van der Waals surface area contributed by atoms with Crippen LogP contribution >= 0.6 is 15.9 Å². The molecule has 8 heteroatoms. The molecular weight excluding hydrogens is 390 g/mol. The number of phenolic OH excluding ortho intramolecular Hbond substituents is 1. The van der Waals surface area contributed by atoms with Gasteiger partial charge >= 0.3 is 5.97 Å². The van der Waals surface area contributed by atoms with Gasteiger partial charge in [-0.2, -0.15) is 0 Å². The molecule has 0 aliphatic rings.